The van der Waals surface area contributed by atoms with Crippen molar-refractivity contribution in [3.63, 3.8) is 0 Å². The molecule has 2 aromatic carbocycles. The second kappa shape index (κ2) is 11.9. The van der Waals surface area contributed by atoms with Gasteiger partial charge in [-0.15, -0.1) is 0 Å². The van der Waals surface area contributed by atoms with E-state index in [1.54, 1.807) is 31.2 Å². The molecule has 0 aromatic heterocycles. The first kappa shape index (κ1) is 22.5. The van der Waals surface area contributed by atoms with E-state index in [-0.39, 0.29) is 11.8 Å². The van der Waals surface area contributed by atoms with Crippen LogP contribution in [0.15, 0.2) is 54.6 Å². The Morgan fingerprint density at radius 1 is 1.10 bits per heavy atom. The molecule has 0 spiro atoms. The lowest BCUT2D eigenvalue weighted by Crippen LogP contribution is -2.40. The van der Waals surface area contributed by atoms with Crippen LogP contribution in [0, 0.1) is 0 Å². The zero-order chi connectivity index (χ0) is 21.1. The van der Waals surface area contributed by atoms with Crippen molar-refractivity contribution in [1.29, 1.82) is 0 Å². The zero-order valence-corrected chi connectivity index (χ0v) is 17.2. The van der Waals surface area contributed by atoms with Crippen LogP contribution in [-0.4, -0.2) is 37.7 Å². The minimum atomic E-state index is -0.752. The summed E-state index contributed by atoms with van der Waals surface area (Å²) in [5.41, 5.74) is 1.33. The van der Waals surface area contributed by atoms with Gasteiger partial charge in [-0.1, -0.05) is 48.0 Å². The van der Waals surface area contributed by atoms with E-state index < -0.39 is 6.04 Å². The fourth-order valence-electron chi connectivity index (χ4n) is 2.41. The molecule has 0 saturated carbocycles. The maximum absolute atomic E-state index is 12.5. The van der Waals surface area contributed by atoms with E-state index in [1.807, 2.05) is 37.3 Å². The molecule has 0 aliphatic heterocycles. The van der Waals surface area contributed by atoms with Crippen molar-refractivity contribution in [2.45, 2.75) is 19.9 Å². The van der Waals surface area contributed by atoms with E-state index >= 15 is 0 Å². The molecular weight excluding hydrogens is 392 g/mol. The van der Waals surface area contributed by atoms with Gasteiger partial charge in [0.25, 0.3) is 0 Å². The summed E-state index contributed by atoms with van der Waals surface area (Å²) in [5, 5.41) is 5.75. The minimum Gasteiger partial charge on any atom is -0.487 e. The summed E-state index contributed by atoms with van der Waals surface area (Å²) in [4.78, 5) is 24.6. The number of carbonyl (C=O) groups excluding carboxylic acids is 2. The van der Waals surface area contributed by atoms with Gasteiger partial charge in [-0.3, -0.25) is 9.59 Å². The first-order chi connectivity index (χ1) is 14.0. The highest BCUT2D eigenvalue weighted by molar-refractivity contribution is 6.32. The molecule has 1 atom stereocenters. The molecule has 2 N–H and O–H groups in total. The Morgan fingerprint density at radius 3 is 2.59 bits per heavy atom. The minimum absolute atomic E-state index is 0.303. The van der Waals surface area contributed by atoms with Crippen molar-refractivity contribution < 1.29 is 19.1 Å². The average molecular weight is 417 g/mol. The van der Waals surface area contributed by atoms with Crippen LogP contribution in [0.1, 0.15) is 19.4 Å². The van der Waals surface area contributed by atoms with E-state index in [0.717, 1.165) is 5.56 Å². The summed E-state index contributed by atoms with van der Waals surface area (Å²) in [5.74, 6) is -0.385. The van der Waals surface area contributed by atoms with Crippen LogP contribution in [-0.2, 0) is 14.3 Å². The third-order valence-electron chi connectivity index (χ3n) is 3.88. The van der Waals surface area contributed by atoms with Gasteiger partial charge in [0.05, 0.1) is 17.3 Å². The van der Waals surface area contributed by atoms with Crippen LogP contribution in [0.5, 0.6) is 5.75 Å². The zero-order valence-electron chi connectivity index (χ0n) is 16.5. The van der Waals surface area contributed by atoms with Crippen molar-refractivity contribution >= 4 is 35.2 Å². The molecule has 0 heterocycles. The van der Waals surface area contributed by atoms with Gasteiger partial charge in [0, 0.05) is 12.7 Å². The quantitative estimate of drug-likeness (QED) is 0.454. The highest BCUT2D eigenvalue weighted by Gasteiger charge is 2.17. The summed E-state index contributed by atoms with van der Waals surface area (Å²) < 4.78 is 10.9. The number of benzene rings is 2. The maximum Gasteiger partial charge on any atom is 0.246 e. The maximum atomic E-state index is 12.5. The smallest absolute Gasteiger partial charge is 0.246 e. The summed E-state index contributed by atoms with van der Waals surface area (Å²) in [6.45, 7) is 4.80. The first-order valence-electron chi connectivity index (χ1n) is 9.34. The number of ether oxygens (including phenoxy) is 2. The van der Waals surface area contributed by atoms with Crippen LogP contribution < -0.4 is 15.4 Å². The van der Waals surface area contributed by atoms with Gasteiger partial charge < -0.3 is 20.1 Å². The Hall–Kier alpha value is -2.83. The SMILES string of the molecule is CCOCCOc1c(Cl)cccc1NC(=O)C(C)NC(=O)/C=C/c1ccccc1. The molecule has 2 rings (SSSR count). The molecular formula is C22H25ClN2O4. The van der Waals surface area contributed by atoms with Gasteiger partial charge in [0.15, 0.2) is 5.75 Å². The molecule has 1 unspecified atom stereocenters. The van der Waals surface area contributed by atoms with Crippen LogP contribution in [0.2, 0.25) is 5.02 Å². The molecule has 0 aliphatic rings. The fraction of sp³-hybridized carbons (Fsp3) is 0.273. The number of hydrogen-bond donors (Lipinski definition) is 2. The molecule has 0 aliphatic carbocycles. The fourth-order valence-corrected chi connectivity index (χ4v) is 2.63. The molecule has 2 aromatic rings. The predicted octanol–water partition coefficient (Wildman–Crippen LogP) is 3.91. The van der Waals surface area contributed by atoms with Crippen molar-refractivity contribution in [2.75, 3.05) is 25.1 Å². The Bertz CT molecular complexity index is 840. The largest absolute Gasteiger partial charge is 0.487 e. The normalized spacial score (nSPS) is 11.8. The van der Waals surface area contributed by atoms with Gasteiger partial charge in [-0.25, -0.2) is 0 Å². The molecule has 154 valence electrons. The Balaban J connectivity index is 1.94. The van der Waals surface area contributed by atoms with Crippen LogP contribution in [0.25, 0.3) is 6.08 Å². The van der Waals surface area contributed by atoms with E-state index in [9.17, 15) is 9.59 Å². The van der Waals surface area contributed by atoms with Crippen molar-refractivity contribution in [1.82, 2.24) is 5.32 Å². The van der Waals surface area contributed by atoms with E-state index in [4.69, 9.17) is 21.1 Å². The average Bonchev–Trinajstić information content (AvgIpc) is 2.72. The molecule has 0 fully saturated rings. The van der Waals surface area contributed by atoms with Crippen molar-refractivity contribution in [3.8, 4) is 5.75 Å². The van der Waals surface area contributed by atoms with Crippen LogP contribution >= 0.6 is 11.6 Å². The topological polar surface area (TPSA) is 76.7 Å². The lowest BCUT2D eigenvalue weighted by molar-refractivity contribution is -0.123. The summed E-state index contributed by atoms with van der Waals surface area (Å²) in [6.07, 6.45) is 3.07. The number of hydrogen-bond acceptors (Lipinski definition) is 4. The molecule has 7 heteroatoms. The molecule has 6 nitrogen and oxygen atoms in total. The molecule has 29 heavy (non-hydrogen) atoms. The number of rotatable bonds is 10. The summed E-state index contributed by atoms with van der Waals surface area (Å²) in [6, 6.07) is 13.7. The Labute approximate surface area is 175 Å². The lowest BCUT2D eigenvalue weighted by Gasteiger charge is -2.17. The monoisotopic (exact) mass is 416 g/mol. The standard InChI is InChI=1S/C22H25ClN2O4/c1-3-28-14-15-29-21-18(23)10-7-11-19(21)25-22(27)16(2)24-20(26)13-12-17-8-5-4-6-9-17/h4-13,16H,3,14-15H2,1-2H3,(H,24,26)(H,25,27)/b13-12+. The van der Waals surface area contributed by atoms with Crippen molar-refractivity contribution in [2.24, 2.45) is 0 Å². The molecule has 0 radical (unpaired) electrons. The second-order valence-electron chi connectivity index (χ2n) is 6.13. The molecule has 2 amide bonds. The number of para-hydroxylation sites is 1. The van der Waals surface area contributed by atoms with Gasteiger partial charge in [0.1, 0.15) is 12.6 Å². The Kier molecular flexibility index (Phi) is 9.21. The third kappa shape index (κ3) is 7.60. The summed E-state index contributed by atoms with van der Waals surface area (Å²) >= 11 is 6.19. The summed E-state index contributed by atoms with van der Waals surface area (Å²) in [7, 11) is 0. The predicted molar refractivity (Wildman–Crippen MR) is 115 cm³/mol. The molecule has 0 bridgehead atoms. The van der Waals surface area contributed by atoms with Gasteiger partial charge in [0.2, 0.25) is 11.8 Å². The number of amides is 2. The number of carbonyl (C=O) groups is 2. The van der Waals surface area contributed by atoms with Crippen LogP contribution in [0.3, 0.4) is 0 Å². The second-order valence-corrected chi connectivity index (χ2v) is 6.53. The first-order valence-corrected chi connectivity index (χ1v) is 9.72. The Morgan fingerprint density at radius 2 is 1.86 bits per heavy atom. The van der Waals surface area contributed by atoms with Gasteiger partial charge in [-0.05, 0) is 37.6 Å². The van der Waals surface area contributed by atoms with Crippen LogP contribution in [0.4, 0.5) is 5.69 Å². The lowest BCUT2D eigenvalue weighted by atomic mass is 10.2. The molecule has 0 saturated heterocycles. The van der Waals surface area contributed by atoms with E-state index in [0.29, 0.717) is 36.3 Å². The highest BCUT2D eigenvalue weighted by Crippen LogP contribution is 2.33. The van der Waals surface area contributed by atoms with Gasteiger partial charge >= 0.3 is 0 Å². The van der Waals surface area contributed by atoms with E-state index in [2.05, 4.69) is 10.6 Å². The van der Waals surface area contributed by atoms with Gasteiger partial charge in [-0.2, -0.15) is 0 Å². The van der Waals surface area contributed by atoms with E-state index in [1.165, 1.54) is 6.08 Å². The third-order valence-corrected chi connectivity index (χ3v) is 4.18. The number of halogens is 1. The number of nitrogens with one attached hydrogen (secondary N) is 2. The van der Waals surface area contributed by atoms with Crippen molar-refractivity contribution in [3.05, 3.63) is 65.2 Å². The number of anilines is 1. The highest BCUT2D eigenvalue weighted by atomic mass is 35.5.